The molecule has 1 rings (SSSR count). The van der Waals surface area contributed by atoms with E-state index in [1.807, 2.05) is 13.8 Å². The minimum atomic E-state index is -3.38. The van der Waals surface area contributed by atoms with Crippen LogP contribution in [0.3, 0.4) is 0 Å². The summed E-state index contributed by atoms with van der Waals surface area (Å²) in [4.78, 5) is 0.0870. The van der Waals surface area contributed by atoms with Crippen LogP contribution in [-0.4, -0.2) is 35.5 Å². The van der Waals surface area contributed by atoms with E-state index in [-0.39, 0.29) is 11.0 Å². The number of nitrogens with two attached hydrogens (primary N) is 1. The minimum absolute atomic E-state index is 0.0610. The minimum Gasteiger partial charge on any atom is -0.392 e. The van der Waals surface area contributed by atoms with Crippen LogP contribution in [-0.2, 0) is 10.0 Å². The lowest BCUT2D eigenvalue weighted by Gasteiger charge is -2.29. The molecule has 1 aliphatic heterocycles. The standard InChI is InChI=1S/C11H22N2O2S2/c1-3-10(11(12)16)17(14,15)13-8-6-4-5-7-9(13)2/h9-10H,3-8H2,1-2H3,(H2,12,16). The highest BCUT2D eigenvalue weighted by atomic mass is 32.2. The molecule has 100 valence electrons. The van der Waals surface area contributed by atoms with Crippen molar-refractivity contribution in [1.82, 2.24) is 4.31 Å². The largest absolute Gasteiger partial charge is 0.392 e. The fourth-order valence-electron chi connectivity index (χ4n) is 2.35. The maximum atomic E-state index is 12.5. The summed E-state index contributed by atoms with van der Waals surface area (Å²) in [5.41, 5.74) is 5.55. The summed E-state index contributed by atoms with van der Waals surface area (Å²) in [5.74, 6) is 0. The van der Waals surface area contributed by atoms with Crippen molar-refractivity contribution < 1.29 is 8.42 Å². The van der Waals surface area contributed by atoms with Crippen LogP contribution in [0.1, 0.15) is 46.0 Å². The van der Waals surface area contributed by atoms with E-state index in [1.54, 1.807) is 4.31 Å². The Morgan fingerprint density at radius 2 is 2.12 bits per heavy atom. The summed E-state index contributed by atoms with van der Waals surface area (Å²) in [6.07, 6.45) is 4.49. The highest BCUT2D eigenvalue weighted by Gasteiger charge is 2.35. The fourth-order valence-corrected chi connectivity index (χ4v) is 4.91. The van der Waals surface area contributed by atoms with Crippen molar-refractivity contribution in [2.75, 3.05) is 6.54 Å². The van der Waals surface area contributed by atoms with E-state index in [9.17, 15) is 8.42 Å². The summed E-state index contributed by atoms with van der Waals surface area (Å²) in [7, 11) is -3.38. The molecule has 1 fully saturated rings. The molecule has 0 aromatic carbocycles. The van der Waals surface area contributed by atoms with Crippen molar-refractivity contribution in [1.29, 1.82) is 0 Å². The predicted octanol–water partition coefficient (Wildman–Crippen LogP) is 1.65. The Hall–Kier alpha value is -0.200. The summed E-state index contributed by atoms with van der Waals surface area (Å²) < 4.78 is 26.6. The average Bonchev–Trinajstić information content (AvgIpc) is 2.42. The van der Waals surface area contributed by atoms with E-state index >= 15 is 0 Å². The van der Waals surface area contributed by atoms with Crippen molar-refractivity contribution >= 4 is 27.2 Å². The van der Waals surface area contributed by atoms with Crippen molar-refractivity contribution in [3.8, 4) is 0 Å². The molecule has 1 aliphatic rings. The highest BCUT2D eigenvalue weighted by Crippen LogP contribution is 2.23. The smallest absolute Gasteiger partial charge is 0.223 e. The number of nitrogens with zero attached hydrogens (tertiary/aromatic N) is 1. The van der Waals surface area contributed by atoms with Crippen LogP contribution in [0.2, 0.25) is 0 Å². The number of thiocarbonyl (C=S) groups is 1. The second-order valence-electron chi connectivity index (χ2n) is 4.65. The molecule has 0 aromatic heterocycles. The molecular weight excluding hydrogens is 256 g/mol. The Morgan fingerprint density at radius 3 is 2.65 bits per heavy atom. The van der Waals surface area contributed by atoms with Gasteiger partial charge < -0.3 is 5.73 Å². The second-order valence-corrected chi connectivity index (χ2v) is 7.19. The highest BCUT2D eigenvalue weighted by molar-refractivity contribution is 7.92. The van der Waals surface area contributed by atoms with Crippen LogP contribution in [0.25, 0.3) is 0 Å². The van der Waals surface area contributed by atoms with Gasteiger partial charge in [0.1, 0.15) is 5.25 Å². The number of rotatable bonds is 4. The molecule has 0 aromatic rings. The normalized spacial score (nSPS) is 25.2. The topological polar surface area (TPSA) is 63.4 Å². The van der Waals surface area contributed by atoms with E-state index < -0.39 is 15.3 Å². The Kier molecular flexibility index (Phi) is 5.34. The van der Waals surface area contributed by atoms with Crippen LogP contribution in [0.15, 0.2) is 0 Å². The molecule has 0 radical (unpaired) electrons. The summed E-state index contributed by atoms with van der Waals surface area (Å²) in [6.45, 7) is 4.38. The van der Waals surface area contributed by atoms with Crippen LogP contribution in [0, 0.1) is 0 Å². The third-order valence-corrected chi connectivity index (χ3v) is 6.30. The first-order valence-corrected chi connectivity index (χ1v) is 8.12. The molecule has 0 amide bonds. The first-order valence-electron chi connectivity index (χ1n) is 6.21. The Labute approximate surface area is 110 Å². The molecule has 4 nitrogen and oxygen atoms in total. The van der Waals surface area contributed by atoms with E-state index in [1.165, 1.54) is 0 Å². The average molecular weight is 278 g/mol. The zero-order chi connectivity index (χ0) is 13.1. The van der Waals surface area contributed by atoms with Crippen LogP contribution in [0.5, 0.6) is 0 Å². The van der Waals surface area contributed by atoms with Gasteiger partial charge in [-0.05, 0) is 26.2 Å². The summed E-state index contributed by atoms with van der Waals surface area (Å²) in [5, 5.41) is -0.710. The first-order chi connectivity index (χ1) is 7.91. The van der Waals surface area contributed by atoms with Gasteiger partial charge in [-0.3, -0.25) is 0 Å². The van der Waals surface area contributed by atoms with Gasteiger partial charge in [-0.2, -0.15) is 4.31 Å². The van der Waals surface area contributed by atoms with Crippen LogP contribution < -0.4 is 5.73 Å². The lowest BCUT2D eigenvalue weighted by atomic mass is 10.1. The van der Waals surface area contributed by atoms with Gasteiger partial charge in [0.05, 0.1) is 4.99 Å². The molecule has 2 unspecified atom stereocenters. The number of sulfonamides is 1. The summed E-state index contributed by atoms with van der Waals surface area (Å²) in [6, 6.07) is 0.0610. The van der Waals surface area contributed by atoms with Gasteiger partial charge in [-0.25, -0.2) is 8.42 Å². The molecule has 0 spiro atoms. The van der Waals surface area contributed by atoms with Gasteiger partial charge in [0.15, 0.2) is 0 Å². The quantitative estimate of drug-likeness (QED) is 0.794. The maximum absolute atomic E-state index is 12.5. The van der Waals surface area contributed by atoms with E-state index in [0.717, 1.165) is 25.7 Å². The molecule has 2 atom stereocenters. The SMILES string of the molecule is CCC(C(N)=S)S(=O)(=O)N1CCCCCC1C. The van der Waals surface area contributed by atoms with Gasteiger partial charge in [0.25, 0.3) is 0 Å². The van der Waals surface area contributed by atoms with Crippen molar-refractivity contribution in [3.63, 3.8) is 0 Å². The molecule has 1 heterocycles. The Morgan fingerprint density at radius 1 is 1.47 bits per heavy atom. The van der Waals surface area contributed by atoms with Crippen LogP contribution in [0.4, 0.5) is 0 Å². The van der Waals surface area contributed by atoms with E-state index in [4.69, 9.17) is 18.0 Å². The third-order valence-electron chi connectivity index (χ3n) is 3.37. The first kappa shape index (κ1) is 14.9. The van der Waals surface area contributed by atoms with E-state index in [2.05, 4.69) is 0 Å². The lowest BCUT2D eigenvalue weighted by molar-refractivity contribution is 0.340. The van der Waals surface area contributed by atoms with Gasteiger partial charge in [-0.1, -0.05) is 32.0 Å². The molecular formula is C11H22N2O2S2. The predicted molar refractivity (Wildman–Crippen MR) is 74.4 cm³/mol. The molecule has 0 saturated carbocycles. The number of hydrogen-bond donors (Lipinski definition) is 1. The molecule has 17 heavy (non-hydrogen) atoms. The molecule has 6 heteroatoms. The van der Waals surface area contributed by atoms with Crippen molar-refractivity contribution in [2.24, 2.45) is 5.73 Å². The van der Waals surface area contributed by atoms with Crippen molar-refractivity contribution in [2.45, 2.75) is 57.2 Å². The van der Waals surface area contributed by atoms with E-state index in [0.29, 0.717) is 13.0 Å². The van der Waals surface area contributed by atoms with Gasteiger partial charge >= 0.3 is 0 Å². The van der Waals surface area contributed by atoms with Gasteiger partial charge in [-0.15, -0.1) is 0 Å². The van der Waals surface area contributed by atoms with Crippen LogP contribution >= 0.6 is 12.2 Å². The zero-order valence-corrected chi connectivity index (χ0v) is 12.2. The monoisotopic (exact) mass is 278 g/mol. The molecule has 0 aliphatic carbocycles. The molecule has 0 bridgehead atoms. The maximum Gasteiger partial charge on any atom is 0.223 e. The Bertz CT molecular complexity index is 368. The molecule has 2 N–H and O–H groups in total. The third kappa shape index (κ3) is 3.39. The van der Waals surface area contributed by atoms with Gasteiger partial charge in [0, 0.05) is 12.6 Å². The summed E-state index contributed by atoms with van der Waals surface area (Å²) >= 11 is 4.88. The lowest BCUT2D eigenvalue weighted by Crippen LogP contribution is -2.47. The fraction of sp³-hybridized carbons (Fsp3) is 0.909. The Balaban J connectivity index is 2.97. The van der Waals surface area contributed by atoms with Crippen molar-refractivity contribution in [3.05, 3.63) is 0 Å². The second kappa shape index (κ2) is 6.11. The molecule has 1 saturated heterocycles. The van der Waals surface area contributed by atoms with Gasteiger partial charge in [0.2, 0.25) is 10.0 Å². The zero-order valence-electron chi connectivity index (χ0n) is 10.6. The number of hydrogen-bond acceptors (Lipinski definition) is 3.